The Kier molecular flexibility index (Phi) is 6.48. The van der Waals surface area contributed by atoms with Crippen molar-refractivity contribution in [2.45, 2.75) is 18.9 Å². The van der Waals surface area contributed by atoms with Gasteiger partial charge >= 0.3 is 0 Å². The van der Waals surface area contributed by atoms with Crippen molar-refractivity contribution in [3.63, 3.8) is 0 Å². The molecule has 42 heavy (non-hydrogen) atoms. The highest BCUT2D eigenvalue weighted by Crippen LogP contribution is 2.32. The van der Waals surface area contributed by atoms with Gasteiger partial charge in [-0.15, -0.1) is 5.10 Å². The van der Waals surface area contributed by atoms with Crippen molar-refractivity contribution in [1.29, 1.82) is 0 Å². The minimum Gasteiger partial charge on any atom is -0.329 e. The summed E-state index contributed by atoms with van der Waals surface area (Å²) < 4.78 is 17.2. The molecule has 10 nitrogen and oxygen atoms in total. The molecule has 0 bridgehead atoms. The molecule has 0 spiro atoms. The number of nitrogens with zero attached hydrogens (tertiary/aromatic N) is 6. The third-order valence-electron chi connectivity index (χ3n) is 7.57. The molecule has 7 rings (SSSR count). The smallest absolute Gasteiger partial charge is 0.262 e. The highest BCUT2D eigenvalue weighted by molar-refractivity contribution is 6.10. The summed E-state index contributed by atoms with van der Waals surface area (Å²) in [6.07, 6.45) is 6.50. The Hall–Kier alpha value is -5.29. The lowest BCUT2D eigenvalue weighted by Crippen LogP contribution is -2.49. The van der Waals surface area contributed by atoms with Crippen LogP contribution in [-0.2, 0) is 0 Å². The Morgan fingerprint density at radius 1 is 1.00 bits per heavy atom. The average molecular weight is 561 g/mol. The van der Waals surface area contributed by atoms with Crippen molar-refractivity contribution in [3.05, 3.63) is 107 Å². The second-order valence-electron chi connectivity index (χ2n) is 10.2. The van der Waals surface area contributed by atoms with Crippen LogP contribution in [0.5, 0.6) is 0 Å². The Balaban J connectivity index is 1.30. The number of fused-ring (bicyclic) bond motifs is 2. The monoisotopic (exact) mass is 560 g/mol. The van der Waals surface area contributed by atoms with E-state index in [2.05, 4.69) is 30.6 Å². The summed E-state index contributed by atoms with van der Waals surface area (Å²) in [5.41, 5.74) is 2.86. The van der Waals surface area contributed by atoms with Gasteiger partial charge < -0.3 is 10.3 Å². The number of nitrogens with one attached hydrogen (secondary N) is 2. The lowest BCUT2D eigenvalue weighted by atomic mass is 10.0. The van der Waals surface area contributed by atoms with E-state index in [0.717, 1.165) is 41.3 Å². The number of rotatable bonds is 5. The van der Waals surface area contributed by atoms with Gasteiger partial charge in [0.1, 0.15) is 17.2 Å². The van der Waals surface area contributed by atoms with Gasteiger partial charge in [0.05, 0.1) is 17.3 Å². The zero-order chi connectivity index (χ0) is 28.6. The molecule has 1 fully saturated rings. The minimum atomic E-state index is -0.678. The highest BCUT2D eigenvalue weighted by Gasteiger charge is 2.31. The van der Waals surface area contributed by atoms with Gasteiger partial charge in [0.25, 0.3) is 5.91 Å². The topological polar surface area (TPSA) is 122 Å². The second-order valence-corrected chi connectivity index (χ2v) is 10.2. The Morgan fingerprint density at radius 3 is 2.74 bits per heavy atom. The molecule has 0 aliphatic carbocycles. The third-order valence-corrected chi connectivity index (χ3v) is 7.57. The zero-order valence-corrected chi connectivity index (χ0v) is 22.4. The molecule has 1 aliphatic rings. The fraction of sp³-hybridized carbons (Fsp3) is 0.161. The summed E-state index contributed by atoms with van der Waals surface area (Å²) in [4.78, 5) is 39.2. The first-order chi connectivity index (χ1) is 20.6. The first-order valence-electron chi connectivity index (χ1n) is 13.7. The van der Waals surface area contributed by atoms with Crippen molar-refractivity contribution in [1.82, 2.24) is 35.3 Å². The Labute approximate surface area is 238 Å². The maximum atomic E-state index is 15.7. The number of hydrogen-bond donors (Lipinski definition) is 2. The molecule has 1 aliphatic heterocycles. The predicted molar refractivity (Wildman–Crippen MR) is 157 cm³/mol. The summed E-state index contributed by atoms with van der Waals surface area (Å²) in [6.45, 7) is 1.41. The van der Waals surface area contributed by atoms with Gasteiger partial charge in [-0.2, -0.15) is 4.68 Å². The van der Waals surface area contributed by atoms with E-state index in [4.69, 9.17) is 0 Å². The lowest BCUT2D eigenvalue weighted by molar-refractivity contribution is 0.0968. The quantitative estimate of drug-likeness (QED) is 0.323. The minimum absolute atomic E-state index is 0.0689. The summed E-state index contributed by atoms with van der Waals surface area (Å²) in [5.74, 6) is -0.700. The summed E-state index contributed by atoms with van der Waals surface area (Å²) in [6, 6.07) is 18.7. The summed E-state index contributed by atoms with van der Waals surface area (Å²) >= 11 is 0. The van der Waals surface area contributed by atoms with E-state index in [1.165, 1.54) is 22.9 Å². The van der Waals surface area contributed by atoms with Crippen LogP contribution in [0.25, 0.3) is 38.8 Å². The van der Waals surface area contributed by atoms with Gasteiger partial charge in [0, 0.05) is 42.7 Å². The molecular formula is C31H25FN8O2. The van der Waals surface area contributed by atoms with Crippen LogP contribution in [0.1, 0.15) is 23.2 Å². The number of aromatic amines is 1. The number of H-pyrrole nitrogens is 1. The SMILES string of the molecule is O=C(c1ccc(-n2nnc3cccnc32)cc1F)N(c1nccc2cc(-c3cc[nH]c(=O)c3)ccc12)[C@@H]1CCCNC1. The first-order valence-corrected chi connectivity index (χ1v) is 13.7. The van der Waals surface area contributed by atoms with Crippen molar-refractivity contribution < 1.29 is 9.18 Å². The molecule has 11 heteroatoms. The number of pyridine rings is 3. The fourth-order valence-electron chi connectivity index (χ4n) is 5.52. The summed E-state index contributed by atoms with van der Waals surface area (Å²) in [5, 5.41) is 13.2. The molecule has 1 saturated heterocycles. The zero-order valence-electron chi connectivity index (χ0n) is 22.4. The average Bonchev–Trinajstić information content (AvgIpc) is 3.46. The number of anilines is 1. The van der Waals surface area contributed by atoms with Crippen LogP contribution in [0, 0.1) is 5.82 Å². The van der Waals surface area contributed by atoms with E-state index >= 15 is 4.39 Å². The maximum absolute atomic E-state index is 15.7. The molecule has 6 aromatic rings. The van der Waals surface area contributed by atoms with Crippen LogP contribution in [0.4, 0.5) is 10.2 Å². The molecule has 0 saturated carbocycles. The molecule has 4 aromatic heterocycles. The number of amides is 1. The molecule has 2 N–H and O–H groups in total. The van der Waals surface area contributed by atoms with E-state index in [0.29, 0.717) is 29.2 Å². The predicted octanol–water partition coefficient (Wildman–Crippen LogP) is 4.26. The number of halogens is 1. The van der Waals surface area contributed by atoms with Crippen LogP contribution in [0.2, 0.25) is 0 Å². The number of aromatic nitrogens is 6. The molecular weight excluding hydrogens is 535 g/mol. The number of hydrogen-bond acceptors (Lipinski definition) is 7. The van der Waals surface area contributed by atoms with Crippen molar-refractivity contribution in [3.8, 4) is 16.8 Å². The van der Waals surface area contributed by atoms with Gasteiger partial charge in [0.2, 0.25) is 5.56 Å². The van der Waals surface area contributed by atoms with Crippen LogP contribution >= 0.6 is 0 Å². The van der Waals surface area contributed by atoms with Crippen LogP contribution in [0.15, 0.2) is 90.1 Å². The van der Waals surface area contributed by atoms with E-state index in [9.17, 15) is 9.59 Å². The molecule has 0 radical (unpaired) electrons. The normalized spacial score (nSPS) is 15.2. The van der Waals surface area contributed by atoms with E-state index in [-0.39, 0.29) is 17.2 Å². The molecule has 208 valence electrons. The van der Waals surface area contributed by atoms with Crippen LogP contribution in [-0.4, -0.2) is 55.0 Å². The van der Waals surface area contributed by atoms with Crippen LogP contribution < -0.4 is 15.8 Å². The lowest BCUT2D eigenvalue weighted by Gasteiger charge is -2.34. The first kappa shape index (κ1) is 25.7. The van der Waals surface area contributed by atoms with Crippen LogP contribution in [0.3, 0.4) is 0 Å². The van der Waals surface area contributed by atoms with Gasteiger partial charge in [-0.25, -0.2) is 14.4 Å². The number of benzene rings is 2. The van der Waals surface area contributed by atoms with Crippen molar-refractivity contribution >= 4 is 33.7 Å². The molecule has 2 aromatic carbocycles. The van der Waals surface area contributed by atoms with E-state index in [1.807, 2.05) is 30.3 Å². The number of carbonyl (C=O) groups is 1. The van der Waals surface area contributed by atoms with Gasteiger partial charge in [-0.05, 0) is 78.4 Å². The third kappa shape index (κ3) is 4.59. The highest BCUT2D eigenvalue weighted by atomic mass is 19.1. The Bertz CT molecular complexity index is 2010. The van der Waals surface area contributed by atoms with Gasteiger partial charge in [0.15, 0.2) is 5.65 Å². The van der Waals surface area contributed by atoms with Crippen molar-refractivity contribution in [2.24, 2.45) is 0 Å². The molecule has 5 heterocycles. The van der Waals surface area contributed by atoms with Gasteiger partial charge in [-0.3, -0.25) is 14.5 Å². The number of piperidine rings is 1. The standard InChI is InChI=1S/C31H25FN8O2/c32-26-17-22(40-30-27(37-38-40)4-2-12-35-30)6-8-25(26)31(42)39(23-3-1-11-33-18-23)29-24-7-5-19(15-21(24)10-14-36-29)20-9-13-34-28(41)16-20/h2,4-10,12-17,23,33H,1,3,11,18H2,(H,34,41)/t23-/m1/s1. The maximum Gasteiger partial charge on any atom is 0.262 e. The molecule has 1 atom stereocenters. The molecule has 1 amide bonds. The molecule has 0 unspecified atom stereocenters. The van der Waals surface area contributed by atoms with E-state index in [1.54, 1.807) is 41.7 Å². The largest absolute Gasteiger partial charge is 0.329 e. The Morgan fingerprint density at radius 2 is 1.90 bits per heavy atom. The second kappa shape index (κ2) is 10.6. The van der Waals surface area contributed by atoms with Gasteiger partial charge in [-0.1, -0.05) is 17.3 Å². The fourth-order valence-corrected chi connectivity index (χ4v) is 5.52. The van der Waals surface area contributed by atoms with E-state index < -0.39 is 11.7 Å². The number of carbonyl (C=O) groups excluding carboxylic acids is 1. The van der Waals surface area contributed by atoms with Crippen molar-refractivity contribution in [2.75, 3.05) is 18.0 Å². The summed E-state index contributed by atoms with van der Waals surface area (Å²) in [7, 11) is 0.